The van der Waals surface area contributed by atoms with Gasteiger partial charge in [-0.05, 0) is 42.3 Å². The molecule has 0 aromatic heterocycles. The Hall–Kier alpha value is -2.53. The molecule has 0 radical (unpaired) electrons. The fourth-order valence-corrected chi connectivity index (χ4v) is 2.05. The SMILES string of the molecule is CC(NCc1cccc(O)c1)c1ccc(NC(N)=O)cc1. The van der Waals surface area contributed by atoms with Crippen LogP contribution < -0.4 is 16.4 Å². The number of rotatable bonds is 5. The van der Waals surface area contributed by atoms with Gasteiger partial charge in [-0.15, -0.1) is 0 Å². The third-order valence-electron chi connectivity index (χ3n) is 3.20. The van der Waals surface area contributed by atoms with Crippen LogP contribution >= 0.6 is 0 Å². The lowest BCUT2D eigenvalue weighted by Gasteiger charge is -2.15. The van der Waals surface area contributed by atoms with Gasteiger partial charge in [0.2, 0.25) is 0 Å². The molecule has 0 spiro atoms. The Bertz CT molecular complexity index is 611. The van der Waals surface area contributed by atoms with E-state index in [1.54, 1.807) is 12.1 Å². The van der Waals surface area contributed by atoms with E-state index >= 15 is 0 Å². The number of carbonyl (C=O) groups is 1. The van der Waals surface area contributed by atoms with Gasteiger partial charge in [0.15, 0.2) is 0 Å². The van der Waals surface area contributed by atoms with Crippen LogP contribution in [0.25, 0.3) is 0 Å². The first-order chi connectivity index (χ1) is 10.0. The second-order valence-electron chi connectivity index (χ2n) is 4.88. The normalized spacial score (nSPS) is 11.9. The zero-order valence-electron chi connectivity index (χ0n) is 11.8. The molecular weight excluding hydrogens is 266 g/mol. The summed E-state index contributed by atoms with van der Waals surface area (Å²) in [5.41, 5.74) is 7.86. The van der Waals surface area contributed by atoms with Gasteiger partial charge in [0.25, 0.3) is 0 Å². The maximum atomic E-state index is 10.8. The van der Waals surface area contributed by atoms with E-state index in [-0.39, 0.29) is 11.8 Å². The van der Waals surface area contributed by atoms with Crippen molar-refractivity contribution >= 4 is 11.7 Å². The minimum atomic E-state index is -0.571. The smallest absolute Gasteiger partial charge is 0.316 e. The van der Waals surface area contributed by atoms with Crippen molar-refractivity contribution in [3.63, 3.8) is 0 Å². The number of anilines is 1. The summed E-state index contributed by atoms with van der Waals surface area (Å²) in [5.74, 6) is 0.267. The van der Waals surface area contributed by atoms with E-state index in [9.17, 15) is 9.90 Å². The zero-order valence-corrected chi connectivity index (χ0v) is 11.8. The number of amides is 2. The highest BCUT2D eigenvalue weighted by atomic mass is 16.3. The molecule has 21 heavy (non-hydrogen) atoms. The molecule has 2 rings (SSSR count). The largest absolute Gasteiger partial charge is 0.508 e. The van der Waals surface area contributed by atoms with Gasteiger partial charge in [-0.2, -0.15) is 0 Å². The first kappa shape index (κ1) is 14.9. The lowest BCUT2D eigenvalue weighted by Crippen LogP contribution is -2.20. The molecule has 0 aliphatic carbocycles. The van der Waals surface area contributed by atoms with E-state index in [4.69, 9.17) is 5.73 Å². The molecule has 0 bridgehead atoms. The minimum absolute atomic E-state index is 0.148. The van der Waals surface area contributed by atoms with Gasteiger partial charge >= 0.3 is 6.03 Å². The summed E-state index contributed by atoms with van der Waals surface area (Å²) < 4.78 is 0. The highest BCUT2D eigenvalue weighted by Crippen LogP contribution is 2.17. The minimum Gasteiger partial charge on any atom is -0.508 e. The summed E-state index contributed by atoms with van der Waals surface area (Å²) in [6.45, 7) is 2.72. The van der Waals surface area contributed by atoms with E-state index in [1.165, 1.54) is 0 Å². The average Bonchev–Trinajstić information content (AvgIpc) is 2.45. The highest BCUT2D eigenvalue weighted by molar-refractivity contribution is 5.87. The molecule has 0 aliphatic rings. The third kappa shape index (κ3) is 4.50. The lowest BCUT2D eigenvalue weighted by molar-refractivity contribution is 0.259. The summed E-state index contributed by atoms with van der Waals surface area (Å²) in [4.78, 5) is 10.8. The van der Waals surface area contributed by atoms with Crippen molar-refractivity contribution in [3.8, 4) is 5.75 Å². The molecule has 5 heteroatoms. The van der Waals surface area contributed by atoms with Crippen molar-refractivity contribution in [3.05, 3.63) is 59.7 Å². The van der Waals surface area contributed by atoms with Crippen LogP contribution in [-0.4, -0.2) is 11.1 Å². The van der Waals surface area contributed by atoms with Crippen LogP contribution in [0.15, 0.2) is 48.5 Å². The summed E-state index contributed by atoms with van der Waals surface area (Å²) >= 11 is 0. The number of primary amides is 1. The van der Waals surface area contributed by atoms with Crippen LogP contribution in [0, 0.1) is 0 Å². The molecule has 2 aromatic rings. The number of phenolic OH excluding ortho intramolecular Hbond substituents is 1. The van der Waals surface area contributed by atoms with Crippen LogP contribution in [0.2, 0.25) is 0 Å². The molecule has 5 N–H and O–H groups in total. The van der Waals surface area contributed by atoms with E-state index in [1.807, 2.05) is 36.4 Å². The number of phenols is 1. The molecule has 0 saturated heterocycles. The maximum absolute atomic E-state index is 10.8. The fraction of sp³-hybridized carbons (Fsp3) is 0.188. The molecule has 1 unspecified atom stereocenters. The Labute approximate surface area is 123 Å². The Kier molecular flexibility index (Phi) is 4.79. The third-order valence-corrected chi connectivity index (χ3v) is 3.20. The van der Waals surface area contributed by atoms with Gasteiger partial charge in [0, 0.05) is 18.3 Å². The van der Waals surface area contributed by atoms with Crippen LogP contribution in [0.1, 0.15) is 24.1 Å². The van der Waals surface area contributed by atoms with E-state index in [0.717, 1.165) is 11.1 Å². The first-order valence-corrected chi connectivity index (χ1v) is 6.72. The van der Waals surface area contributed by atoms with Crippen molar-refractivity contribution in [2.45, 2.75) is 19.5 Å². The number of aromatic hydroxyl groups is 1. The molecule has 0 aliphatic heterocycles. The van der Waals surface area contributed by atoms with Crippen LogP contribution in [0.5, 0.6) is 5.75 Å². The molecule has 110 valence electrons. The number of carbonyl (C=O) groups excluding carboxylic acids is 1. The molecule has 2 amide bonds. The predicted octanol–water partition coefficient (Wildman–Crippen LogP) is 2.73. The standard InChI is InChI=1S/C16H19N3O2/c1-11(18-10-12-3-2-4-15(20)9-12)13-5-7-14(8-6-13)19-16(17)21/h2-9,11,18,20H,10H2,1H3,(H3,17,19,21). The summed E-state index contributed by atoms with van der Waals surface area (Å²) in [6, 6.07) is 14.2. The number of nitrogens with two attached hydrogens (primary N) is 1. The van der Waals surface area contributed by atoms with Gasteiger partial charge in [-0.1, -0.05) is 24.3 Å². The number of benzene rings is 2. The van der Waals surface area contributed by atoms with E-state index in [0.29, 0.717) is 12.2 Å². The van der Waals surface area contributed by atoms with Gasteiger partial charge < -0.3 is 21.5 Å². The zero-order chi connectivity index (χ0) is 15.2. The van der Waals surface area contributed by atoms with Crippen molar-refractivity contribution in [1.29, 1.82) is 0 Å². The first-order valence-electron chi connectivity index (χ1n) is 6.72. The second-order valence-corrected chi connectivity index (χ2v) is 4.88. The van der Waals surface area contributed by atoms with Gasteiger partial charge in [-0.25, -0.2) is 4.79 Å². The Morgan fingerprint density at radius 2 is 1.95 bits per heavy atom. The topological polar surface area (TPSA) is 87.4 Å². The summed E-state index contributed by atoms with van der Waals surface area (Å²) in [6.07, 6.45) is 0. The Morgan fingerprint density at radius 1 is 1.24 bits per heavy atom. The van der Waals surface area contributed by atoms with Crippen molar-refractivity contribution in [1.82, 2.24) is 5.32 Å². The number of nitrogens with one attached hydrogen (secondary N) is 2. The monoisotopic (exact) mass is 285 g/mol. The summed E-state index contributed by atoms with van der Waals surface area (Å²) in [5, 5.41) is 15.3. The number of hydrogen-bond donors (Lipinski definition) is 4. The van der Waals surface area contributed by atoms with Crippen LogP contribution in [0.4, 0.5) is 10.5 Å². The van der Waals surface area contributed by atoms with Crippen molar-refractivity contribution in [2.75, 3.05) is 5.32 Å². The second kappa shape index (κ2) is 6.76. The van der Waals surface area contributed by atoms with E-state index < -0.39 is 6.03 Å². The van der Waals surface area contributed by atoms with Crippen molar-refractivity contribution in [2.24, 2.45) is 5.73 Å². The molecule has 0 fully saturated rings. The quantitative estimate of drug-likeness (QED) is 0.681. The van der Waals surface area contributed by atoms with Gasteiger partial charge in [-0.3, -0.25) is 0 Å². The molecule has 5 nitrogen and oxygen atoms in total. The average molecular weight is 285 g/mol. The van der Waals surface area contributed by atoms with Crippen LogP contribution in [-0.2, 0) is 6.54 Å². The fourth-order valence-electron chi connectivity index (χ4n) is 2.05. The molecular formula is C16H19N3O2. The Balaban J connectivity index is 1.93. The number of hydrogen-bond acceptors (Lipinski definition) is 3. The van der Waals surface area contributed by atoms with Crippen molar-refractivity contribution < 1.29 is 9.90 Å². The highest BCUT2D eigenvalue weighted by Gasteiger charge is 2.05. The Morgan fingerprint density at radius 3 is 2.57 bits per heavy atom. The lowest BCUT2D eigenvalue weighted by atomic mass is 10.1. The summed E-state index contributed by atoms with van der Waals surface area (Å²) in [7, 11) is 0. The maximum Gasteiger partial charge on any atom is 0.316 e. The number of urea groups is 1. The van der Waals surface area contributed by atoms with Gasteiger partial charge in [0.05, 0.1) is 0 Å². The van der Waals surface area contributed by atoms with Crippen LogP contribution in [0.3, 0.4) is 0 Å². The van der Waals surface area contributed by atoms with Gasteiger partial charge in [0.1, 0.15) is 5.75 Å². The molecule has 2 aromatic carbocycles. The van der Waals surface area contributed by atoms with E-state index in [2.05, 4.69) is 17.6 Å². The molecule has 0 heterocycles. The molecule has 1 atom stereocenters. The predicted molar refractivity (Wildman–Crippen MR) is 83.0 cm³/mol. The molecule has 0 saturated carbocycles.